The minimum atomic E-state index is 0.690. The Morgan fingerprint density at radius 1 is 1.19 bits per heavy atom. The van der Waals surface area contributed by atoms with Gasteiger partial charge in [-0.2, -0.15) is 11.8 Å². The van der Waals surface area contributed by atoms with Crippen molar-refractivity contribution in [2.24, 2.45) is 0 Å². The van der Waals surface area contributed by atoms with Crippen molar-refractivity contribution < 1.29 is 9.47 Å². The van der Waals surface area contributed by atoms with Crippen molar-refractivity contribution in [2.75, 3.05) is 39.7 Å². The number of ether oxygens (including phenoxy) is 2. The Kier molecular flexibility index (Phi) is 8.29. The van der Waals surface area contributed by atoms with Crippen molar-refractivity contribution in [3.8, 4) is 0 Å². The van der Waals surface area contributed by atoms with Gasteiger partial charge in [0.2, 0.25) is 0 Å². The number of thioether (sulfide) groups is 1. The first-order valence-electron chi connectivity index (χ1n) is 6.21. The summed E-state index contributed by atoms with van der Waals surface area (Å²) in [5.74, 6) is 0. The molecule has 1 rings (SSSR count). The molecule has 0 spiro atoms. The summed E-state index contributed by atoms with van der Waals surface area (Å²) in [6.45, 7) is 3.15. The molecule has 1 N–H and O–H groups in total. The van der Waals surface area contributed by atoms with Gasteiger partial charge in [0.1, 0.15) is 0 Å². The average molecular weight is 247 g/mol. The Hall–Kier alpha value is 0.230. The molecule has 0 amide bonds. The smallest absolute Gasteiger partial charge is 0.0700 e. The lowest BCUT2D eigenvalue weighted by Crippen LogP contribution is -2.41. The maximum Gasteiger partial charge on any atom is 0.0700 e. The molecule has 0 aromatic heterocycles. The van der Waals surface area contributed by atoms with Gasteiger partial charge in [-0.15, -0.1) is 0 Å². The third-order valence-corrected chi connectivity index (χ3v) is 4.26. The first-order chi connectivity index (χ1) is 7.88. The highest BCUT2D eigenvalue weighted by Gasteiger charge is 2.23. The van der Waals surface area contributed by atoms with Gasteiger partial charge < -0.3 is 14.8 Å². The van der Waals surface area contributed by atoms with E-state index in [1.807, 2.05) is 11.8 Å². The molecule has 0 aromatic carbocycles. The zero-order chi connectivity index (χ0) is 11.6. The van der Waals surface area contributed by atoms with Gasteiger partial charge in [-0.3, -0.25) is 0 Å². The monoisotopic (exact) mass is 247 g/mol. The molecule has 2 unspecified atom stereocenters. The summed E-state index contributed by atoms with van der Waals surface area (Å²) >= 11 is 2.00. The summed E-state index contributed by atoms with van der Waals surface area (Å²) in [4.78, 5) is 0. The van der Waals surface area contributed by atoms with Gasteiger partial charge in [0.05, 0.1) is 19.8 Å². The molecule has 0 heterocycles. The molecule has 3 nitrogen and oxygen atoms in total. The summed E-state index contributed by atoms with van der Waals surface area (Å²) in [5, 5.41) is 4.41. The molecule has 0 radical (unpaired) electrons. The molecule has 1 fully saturated rings. The van der Waals surface area contributed by atoms with Crippen molar-refractivity contribution in [3.05, 3.63) is 0 Å². The van der Waals surface area contributed by atoms with E-state index in [0.717, 1.165) is 18.4 Å². The molecule has 96 valence electrons. The van der Waals surface area contributed by atoms with Crippen molar-refractivity contribution in [1.29, 1.82) is 0 Å². The first-order valence-corrected chi connectivity index (χ1v) is 7.50. The molecule has 0 aliphatic heterocycles. The average Bonchev–Trinajstić information content (AvgIpc) is 2.34. The predicted octanol–water partition coefficient (Wildman–Crippen LogP) is 1.91. The highest BCUT2D eigenvalue weighted by molar-refractivity contribution is 7.99. The second-order valence-corrected chi connectivity index (χ2v) is 5.30. The summed E-state index contributed by atoms with van der Waals surface area (Å²) in [6, 6.07) is 0.690. The van der Waals surface area contributed by atoms with Crippen molar-refractivity contribution in [2.45, 2.75) is 37.0 Å². The lowest BCUT2D eigenvalue weighted by molar-refractivity contribution is 0.0706. The lowest BCUT2D eigenvalue weighted by Gasteiger charge is -2.31. The molecule has 1 saturated carbocycles. The van der Waals surface area contributed by atoms with E-state index in [0.29, 0.717) is 19.3 Å². The number of hydrogen-bond acceptors (Lipinski definition) is 4. The Labute approximate surface area is 104 Å². The van der Waals surface area contributed by atoms with E-state index in [-0.39, 0.29) is 0 Å². The molecule has 0 bridgehead atoms. The van der Waals surface area contributed by atoms with Crippen LogP contribution in [0.2, 0.25) is 0 Å². The van der Waals surface area contributed by atoms with Crippen LogP contribution >= 0.6 is 11.8 Å². The van der Waals surface area contributed by atoms with E-state index >= 15 is 0 Å². The highest BCUT2D eigenvalue weighted by atomic mass is 32.2. The van der Waals surface area contributed by atoms with E-state index < -0.39 is 0 Å². The second-order valence-electron chi connectivity index (χ2n) is 4.22. The molecule has 16 heavy (non-hydrogen) atoms. The van der Waals surface area contributed by atoms with Crippen LogP contribution in [0.15, 0.2) is 0 Å². The SMILES string of the molecule is COCCOCCNC1CCCCC1SC. The largest absolute Gasteiger partial charge is 0.382 e. The molecule has 1 aliphatic carbocycles. The standard InChI is InChI=1S/C12H25NO2S/c1-14-9-10-15-8-7-13-11-5-3-4-6-12(11)16-2/h11-13H,3-10H2,1-2H3. The van der Waals surface area contributed by atoms with E-state index in [9.17, 15) is 0 Å². The second kappa shape index (κ2) is 9.28. The molecular formula is C12H25NO2S. The molecule has 1 aliphatic rings. The minimum absolute atomic E-state index is 0.690. The lowest BCUT2D eigenvalue weighted by atomic mass is 9.95. The number of hydrogen-bond donors (Lipinski definition) is 1. The van der Waals surface area contributed by atoms with Crippen LogP contribution in [-0.4, -0.2) is 51.0 Å². The van der Waals surface area contributed by atoms with E-state index in [1.165, 1.54) is 25.7 Å². The quantitative estimate of drug-likeness (QED) is 0.664. The Balaban J connectivity index is 2.02. The Bertz CT molecular complexity index is 169. The van der Waals surface area contributed by atoms with Gasteiger partial charge in [0.25, 0.3) is 0 Å². The van der Waals surface area contributed by atoms with Crippen molar-refractivity contribution in [1.82, 2.24) is 5.32 Å². The van der Waals surface area contributed by atoms with Crippen LogP contribution in [0.3, 0.4) is 0 Å². The summed E-state index contributed by atoms with van der Waals surface area (Å²) < 4.78 is 10.4. The summed E-state index contributed by atoms with van der Waals surface area (Å²) in [6.07, 6.45) is 7.68. The number of methoxy groups -OCH3 is 1. The highest BCUT2D eigenvalue weighted by Crippen LogP contribution is 2.26. The molecule has 0 saturated heterocycles. The predicted molar refractivity (Wildman–Crippen MR) is 70.3 cm³/mol. The topological polar surface area (TPSA) is 30.5 Å². The van der Waals surface area contributed by atoms with Crippen molar-refractivity contribution in [3.63, 3.8) is 0 Å². The molecule has 0 aromatic rings. The third kappa shape index (κ3) is 5.53. The van der Waals surface area contributed by atoms with Crippen LogP contribution in [0.1, 0.15) is 25.7 Å². The van der Waals surface area contributed by atoms with Gasteiger partial charge >= 0.3 is 0 Å². The number of nitrogens with one attached hydrogen (secondary N) is 1. The Morgan fingerprint density at radius 2 is 2.00 bits per heavy atom. The normalized spacial score (nSPS) is 25.9. The fourth-order valence-electron chi connectivity index (χ4n) is 2.17. The summed E-state index contributed by atoms with van der Waals surface area (Å²) in [5.41, 5.74) is 0. The van der Waals surface area contributed by atoms with Crippen molar-refractivity contribution >= 4 is 11.8 Å². The van der Waals surface area contributed by atoms with Gasteiger partial charge in [-0.05, 0) is 19.1 Å². The first kappa shape index (κ1) is 14.3. The minimum Gasteiger partial charge on any atom is -0.382 e. The number of rotatable bonds is 8. The van der Waals surface area contributed by atoms with Gasteiger partial charge in [0, 0.05) is 24.9 Å². The Morgan fingerprint density at radius 3 is 2.75 bits per heavy atom. The van der Waals surface area contributed by atoms with Crippen LogP contribution in [0.5, 0.6) is 0 Å². The van der Waals surface area contributed by atoms with E-state index in [2.05, 4.69) is 11.6 Å². The van der Waals surface area contributed by atoms with Crippen LogP contribution < -0.4 is 5.32 Å². The zero-order valence-electron chi connectivity index (χ0n) is 10.5. The van der Waals surface area contributed by atoms with Gasteiger partial charge in [0.15, 0.2) is 0 Å². The van der Waals surface area contributed by atoms with E-state index in [4.69, 9.17) is 9.47 Å². The third-order valence-electron chi connectivity index (χ3n) is 3.09. The molecule has 2 atom stereocenters. The van der Waals surface area contributed by atoms with Crippen LogP contribution in [-0.2, 0) is 9.47 Å². The maximum absolute atomic E-state index is 5.44. The maximum atomic E-state index is 5.44. The van der Waals surface area contributed by atoms with Crippen LogP contribution in [0, 0.1) is 0 Å². The fraction of sp³-hybridized carbons (Fsp3) is 1.00. The zero-order valence-corrected chi connectivity index (χ0v) is 11.4. The van der Waals surface area contributed by atoms with Crippen LogP contribution in [0.4, 0.5) is 0 Å². The van der Waals surface area contributed by atoms with Gasteiger partial charge in [-0.1, -0.05) is 12.8 Å². The molecule has 4 heteroatoms. The fourth-order valence-corrected chi connectivity index (χ4v) is 3.14. The molecular weight excluding hydrogens is 222 g/mol. The van der Waals surface area contributed by atoms with Gasteiger partial charge in [-0.25, -0.2) is 0 Å². The van der Waals surface area contributed by atoms with E-state index in [1.54, 1.807) is 7.11 Å². The summed E-state index contributed by atoms with van der Waals surface area (Å²) in [7, 11) is 1.70. The van der Waals surface area contributed by atoms with Crippen LogP contribution in [0.25, 0.3) is 0 Å².